The highest BCUT2D eigenvalue weighted by Gasteiger charge is 2.18. The third-order valence-corrected chi connectivity index (χ3v) is 4.25. The van der Waals surface area contributed by atoms with E-state index in [2.05, 4.69) is 10.1 Å². The summed E-state index contributed by atoms with van der Waals surface area (Å²) in [7, 11) is 0. The lowest BCUT2D eigenvalue weighted by Gasteiger charge is -2.05. The topological polar surface area (TPSA) is 126 Å². The van der Waals surface area contributed by atoms with Crippen LogP contribution < -0.4 is 5.73 Å². The second kappa shape index (κ2) is 12.0. The van der Waals surface area contributed by atoms with Crippen LogP contribution in [0.25, 0.3) is 22.5 Å². The van der Waals surface area contributed by atoms with E-state index in [4.69, 9.17) is 10.5 Å². The Morgan fingerprint density at radius 2 is 1.90 bits per heavy atom. The zero-order chi connectivity index (χ0) is 20.8. The number of rotatable bonds is 8. The number of aryl methyl sites for hydroxylation is 1. The molecule has 3 rings (SSSR count). The molecule has 2 N–H and O–H groups in total. The van der Waals surface area contributed by atoms with Crippen LogP contribution in [0, 0.1) is 10.1 Å². The predicted molar refractivity (Wildman–Crippen MR) is 122 cm³/mol. The van der Waals surface area contributed by atoms with E-state index in [0.29, 0.717) is 42.2 Å². The first-order valence-electron chi connectivity index (χ1n) is 9.19. The van der Waals surface area contributed by atoms with Crippen molar-refractivity contribution in [2.75, 3.05) is 13.2 Å². The molecule has 0 aliphatic carbocycles. The number of ether oxygens (including phenoxy) is 1. The number of hydrogen-bond acceptors (Lipinski definition) is 7. The molecule has 9 nitrogen and oxygen atoms in total. The molecule has 11 heteroatoms. The fourth-order valence-electron chi connectivity index (χ4n) is 2.87. The number of nitro benzene ring substituents is 1. The Morgan fingerprint density at radius 1 is 1.16 bits per heavy atom. The minimum absolute atomic E-state index is 0. The van der Waals surface area contributed by atoms with Gasteiger partial charge >= 0.3 is 5.97 Å². The SMILES string of the molecule is CCOC(=O)c1cc(-c2ccnc(-c3cccc([N+](=O)[O-])c3)c2)nn1CCCN.Cl.Cl. The summed E-state index contributed by atoms with van der Waals surface area (Å²) in [4.78, 5) is 27.2. The van der Waals surface area contributed by atoms with E-state index in [1.165, 1.54) is 12.1 Å². The van der Waals surface area contributed by atoms with Crippen molar-refractivity contribution in [2.45, 2.75) is 19.9 Å². The quantitative estimate of drug-likeness (QED) is 0.302. The molecule has 31 heavy (non-hydrogen) atoms. The van der Waals surface area contributed by atoms with Gasteiger partial charge in [0, 0.05) is 36.0 Å². The Labute approximate surface area is 191 Å². The highest BCUT2D eigenvalue weighted by Crippen LogP contribution is 2.27. The van der Waals surface area contributed by atoms with Crippen LogP contribution in [0.2, 0.25) is 0 Å². The molecule has 0 saturated carbocycles. The molecule has 0 unspecified atom stereocenters. The van der Waals surface area contributed by atoms with Crippen molar-refractivity contribution >= 4 is 36.5 Å². The average molecular weight is 468 g/mol. The van der Waals surface area contributed by atoms with Gasteiger partial charge in [-0.05, 0) is 38.1 Å². The van der Waals surface area contributed by atoms with Gasteiger partial charge in [0.05, 0.1) is 22.9 Å². The summed E-state index contributed by atoms with van der Waals surface area (Å²) in [5.74, 6) is -0.448. The maximum Gasteiger partial charge on any atom is 0.356 e. The lowest BCUT2D eigenvalue weighted by molar-refractivity contribution is -0.384. The number of aromatic nitrogens is 3. The van der Waals surface area contributed by atoms with Crippen LogP contribution in [-0.2, 0) is 11.3 Å². The van der Waals surface area contributed by atoms with Crippen molar-refractivity contribution in [1.82, 2.24) is 14.8 Å². The zero-order valence-corrected chi connectivity index (χ0v) is 18.4. The molecule has 0 aliphatic heterocycles. The van der Waals surface area contributed by atoms with Crippen molar-refractivity contribution < 1.29 is 14.5 Å². The van der Waals surface area contributed by atoms with Gasteiger partial charge in [0.1, 0.15) is 5.69 Å². The molecular formula is C20H23Cl2N5O4. The zero-order valence-electron chi connectivity index (χ0n) is 16.8. The minimum Gasteiger partial charge on any atom is -0.461 e. The van der Waals surface area contributed by atoms with Crippen molar-refractivity contribution in [1.29, 1.82) is 0 Å². The molecule has 0 saturated heterocycles. The van der Waals surface area contributed by atoms with Crippen molar-refractivity contribution in [3.63, 3.8) is 0 Å². The molecular weight excluding hydrogens is 445 g/mol. The van der Waals surface area contributed by atoms with Crippen LogP contribution in [0.3, 0.4) is 0 Å². The maximum absolute atomic E-state index is 12.3. The molecule has 0 bridgehead atoms. The summed E-state index contributed by atoms with van der Waals surface area (Å²) in [6.45, 7) is 2.98. The summed E-state index contributed by atoms with van der Waals surface area (Å²) in [5.41, 5.74) is 8.43. The Hall–Kier alpha value is -3.01. The van der Waals surface area contributed by atoms with E-state index in [9.17, 15) is 14.9 Å². The lowest BCUT2D eigenvalue weighted by atomic mass is 10.1. The fraction of sp³-hybridized carbons (Fsp3) is 0.250. The first kappa shape index (κ1) is 26.0. The van der Waals surface area contributed by atoms with Crippen molar-refractivity contribution in [3.8, 4) is 22.5 Å². The third kappa shape index (κ3) is 6.24. The number of halogens is 2. The van der Waals surface area contributed by atoms with E-state index in [-0.39, 0.29) is 37.1 Å². The van der Waals surface area contributed by atoms with E-state index in [1.807, 2.05) is 0 Å². The molecule has 0 fully saturated rings. The second-order valence-corrected chi connectivity index (χ2v) is 6.24. The molecule has 2 heterocycles. The van der Waals surface area contributed by atoms with E-state index < -0.39 is 10.9 Å². The number of benzene rings is 1. The largest absolute Gasteiger partial charge is 0.461 e. The number of nitrogens with two attached hydrogens (primary N) is 1. The summed E-state index contributed by atoms with van der Waals surface area (Å²) >= 11 is 0. The van der Waals surface area contributed by atoms with Gasteiger partial charge in [-0.25, -0.2) is 4.79 Å². The lowest BCUT2D eigenvalue weighted by Crippen LogP contribution is -2.15. The second-order valence-electron chi connectivity index (χ2n) is 6.24. The van der Waals surface area contributed by atoms with Gasteiger partial charge in [-0.15, -0.1) is 24.8 Å². The predicted octanol–water partition coefficient (Wildman–Crippen LogP) is 3.89. The molecule has 2 aromatic heterocycles. The highest BCUT2D eigenvalue weighted by atomic mass is 35.5. The Morgan fingerprint density at radius 3 is 2.58 bits per heavy atom. The van der Waals surface area contributed by atoms with Crippen LogP contribution >= 0.6 is 24.8 Å². The van der Waals surface area contributed by atoms with Crippen molar-refractivity contribution in [3.05, 3.63) is 64.5 Å². The standard InChI is InChI=1S/C20H21N5O4.2ClH/c1-2-29-20(26)19-13-18(23-24(19)10-4-8-21)15-7-9-22-17(12-15)14-5-3-6-16(11-14)25(27)28;;/h3,5-7,9,11-13H,2,4,8,10,21H2,1H3;2*1H. The van der Waals surface area contributed by atoms with Crippen molar-refractivity contribution in [2.24, 2.45) is 5.73 Å². The molecule has 0 aliphatic rings. The average Bonchev–Trinajstić information content (AvgIpc) is 3.17. The number of nitrogens with zero attached hydrogens (tertiary/aromatic N) is 4. The molecule has 1 aromatic carbocycles. The van der Waals surface area contributed by atoms with Crippen LogP contribution in [-0.4, -0.2) is 38.8 Å². The molecule has 0 atom stereocenters. The highest BCUT2D eigenvalue weighted by molar-refractivity contribution is 5.89. The van der Waals surface area contributed by atoms with E-state index in [0.717, 1.165) is 5.56 Å². The number of nitro groups is 1. The molecule has 0 spiro atoms. The van der Waals surface area contributed by atoms with Gasteiger partial charge in [-0.3, -0.25) is 19.8 Å². The van der Waals surface area contributed by atoms with Crippen LogP contribution in [0.5, 0.6) is 0 Å². The smallest absolute Gasteiger partial charge is 0.356 e. The van der Waals surface area contributed by atoms with Crippen LogP contribution in [0.1, 0.15) is 23.8 Å². The molecule has 166 valence electrons. The van der Waals surface area contributed by atoms with Gasteiger partial charge in [0.2, 0.25) is 0 Å². The number of pyridine rings is 1. The van der Waals surface area contributed by atoms with Gasteiger partial charge in [-0.1, -0.05) is 12.1 Å². The van der Waals surface area contributed by atoms with Gasteiger partial charge in [-0.2, -0.15) is 5.10 Å². The monoisotopic (exact) mass is 467 g/mol. The van der Waals surface area contributed by atoms with Gasteiger partial charge < -0.3 is 10.5 Å². The van der Waals surface area contributed by atoms with Gasteiger partial charge in [0.15, 0.2) is 0 Å². The summed E-state index contributed by atoms with van der Waals surface area (Å²) in [6.07, 6.45) is 2.27. The summed E-state index contributed by atoms with van der Waals surface area (Å²) in [5, 5.41) is 15.6. The molecule has 3 aromatic rings. The normalized spacial score (nSPS) is 10.0. The number of hydrogen-bond donors (Lipinski definition) is 1. The minimum atomic E-state index is -0.448. The van der Waals surface area contributed by atoms with Gasteiger partial charge in [0.25, 0.3) is 5.69 Å². The maximum atomic E-state index is 12.3. The number of carbonyl (C=O) groups is 1. The van der Waals surface area contributed by atoms with E-state index >= 15 is 0 Å². The first-order valence-corrected chi connectivity index (χ1v) is 9.19. The number of esters is 1. The Bertz CT molecular complexity index is 1040. The summed E-state index contributed by atoms with van der Waals surface area (Å²) < 4.78 is 6.71. The molecule has 0 amide bonds. The fourth-order valence-corrected chi connectivity index (χ4v) is 2.87. The Balaban J connectivity index is 0.00000240. The van der Waals surface area contributed by atoms with E-state index in [1.54, 1.807) is 48.1 Å². The van der Waals surface area contributed by atoms with Crippen LogP contribution in [0.4, 0.5) is 5.69 Å². The third-order valence-electron chi connectivity index (χ3n) is 4.25. The Kier molecular flexibility index (Phi) is 10.1. The number of non-ortho nitro benzene ring substituents is 1. The number of carbonyl (C=O) groups excluding carboxylic acids is 1. The van der Waals surface area contributed by atoms with Crippen LogP contribution in [0.15, 0.2) is 48.7 Å². The summed E-state index contributed by atoms with van der Waals surface area (Å²) in [6, 6.07) is 11.5. The molecule has 0 radical (unpaired) electrons. The first-order chi connectivity index (χ1) is 14.0.